The number of carbonyl (C=O) groups excluding carboxylic acids is 1. The molecule has 0 bridgehead atoms. The van der Waals surface area contributed by atoms with Gasteiger partial charge in [-0.1, -0.05) is 36.0 Å². The number of ether oxygens (including phenoxy) is 2. The van der Waals surface area contributed by atoms with Gasteiger partial charge in [0.25, 0.3) is 11.5 Å². The van der Waals surface area contributed by atoms with E-state index in [0.29, 0.717) is 5.16 Å². The van der Waals surface area contributed by atoms with Gasteiger partial charge in [0, 0.05) is 12.3 Å². The zero-order chi connectivity index (χ0) is 25.8. The normalized spacial score (nSPS) is 17.9. The van der Waals surface area contributed by atoms with Gasteiger partial charge in [-0.25, -0.2) is 9.99 Å². The molecule has 0 fully saturated rings. The SMILES string of the molecule is COc1ccc(/C=C2\CCCC3=C2NN(C(=O)CSc2nccc(=O)[nH]2)[C@@H]3c2ccc(OC)cc2)cc1. The van der Waals surface area contributed by atoms with E-state index in [0.717, 1.165) is 47.6 Å². The molecule has 0 spiro atoms. The number of aromatic amines is 1. The Bertz CT molecular complexity index is 1400. The maximum Gasteiger partial charge on any atom is 0.252 e. The largest absolute Gasteiger partial charge is 0.497 e. The molecule has 1 aliphatic carbocycles. The van der Waals surface area contributed by atoms with Crippen molar-refractivity contribution in [1.29, 1.82) is 0 Å². The molecule has 0 saturated heterocycles. The molecule has 2 aliphatic rings. The molecule has 2 aromatic carbocycles. The highest BCUT2D eigenvalue weighted by Crippen LogP contribution is 2.44. The maximum absolute atomic E-state index is 13.5. The zero-order valence-corrected chi connectivity index (χ0v) is 21.5. The lowest BCUT2D eigenvalue weighted by molar-refractivity contribution is -0.131. The number of H-pyrrole nitrogens is 1. The summed E-state index contributed by atoms with van der Waals surface area (Å²) in [5.74, 6) is 1.61. The van der Waals surface area contributed by atoms with Crippen LogP contribution in [0, 0.1) is 0 Å². The Morgan fingerprint density at radius 3 is 2.43 bits per heavy atom. The summed E-state index contributed by atoms with van der Waals surface area (Å²) in [6, 6.07) is 16.9. The molecule has 0 radical (unpaired) electrons. The standard InChI is InChI=1S/C28H28N4O4S/c1-35-21-10-6-18(7-11-21)16-20-4-3-5-23-26(20)31-32(27(23)19-8-12-22(36-2)13-9-19)25(34)17-37-28-29-15-14-24(33)30-28/h6-16,27,31H,3-5,17H2,1-2H3,(H,29,30,33)/b20-16+/t27-/m1/s1. The molecule has 2 heterocycles. The van der Waals surface area contributed by atoms with E-state index < -0.39 is 0 Å². The Balaban J connectivity index is 1.46. The Kier molecular flexibility index (Phi) is 7.32. The van der Waals surface area contributed by atoms with Gasteiger partial charge in [-0.15, -0.1) is 0 Å². The van der Waals surface area contributed by atoms with Crippen LogP contribution in [0.3, 0.4) is 0 Å². The zero-order valence-electron chi connectivity index (χ0n) is 20.7. The third-order valence-corrected chi connectivity index (χ3v) is 7.36. The van der Waals surface area contributed by atoms with Gasteiger partial charge in [0.2, 0.25) is 0 Å². The molecule has 2 N–H and O–H groups in total. The first-order valence-electron chi connectivity index (χ1n) is 12.0. The van der Waals surface area contributed by atoms with Crippen molar-refractivity contribution in [3.05, 3.63) is 99.1 Å². The van der Waals surface area contributed by atoms with Crippen molar-refractivity contribution >= 4 is 23.7 Å². The Labute approximate surface area is 219 Å². The van der Waals surface area contributed by atoms with E-state index in [1.54, 1.807) is 19.2 Å². The summed E-state index contributed by atoms with van der Waals surface area (Å²) in [5.41, 5.74) is 8.65. The monoisotopic (exact) mass is 516 g/mol. The van der Waals surface area contributed by atoms with E-state index in [4.69, 9.17) is 9.47 Å². The number of nitrogens with one attached hydrogen (secondary N) is 2. The van der Waals surface area contributed by atoms with E-state index in [9.17, 15) is 9.59 Å². The number of nitrogens with zero attached hydrogens (tertiary/aromatic N) is 2. The summed E-state index contributed by atoms with van der Waals surface area (Å²) in [5, 5.41) is 2.13. The van der Waals surface area contributed by atoms with E-state index in [2.05, 4.69) is 21.5 Å². The summed E-state index contributed by atoms with van der Waals surface area (Å²) in [6.45, 7) is 0. The first-order valence-corrected chi connectivity index (χ1v) is 13.0. The molecule has 37 heavy (non-hydrogen) atoms. The van der Waals surface area contributed by atoms with Gasteiger partial charge in [-0.3, -0.25) is 15.0 Å². The van der Waals surface area contributed by atoms with Crippen LogP contribution in [-0.2, 0) is 4.79 Å². The minimum Gasteiger partial charge on any atom is -0.497 e. The fourth-order valence-electron chi connectivity index (χ4n) is 4.70. The van der Waals surface area contributed by atoms with Crippen LogP contribution >= 0.6 is 11.8 Å². The lowest BCUT2D eigenvalue weighted by atomic mass is 9.86. The van der Waals surface area contributed by atoms with Crippen LogP contribution in [0.15, 0.2) is 87.6 Å². The van der Waals surface area contributed by atoms with Crippen LogP contribution in [0.2, 0.25) is 0 Å². The van der Waals surface area contributed by atoms with Crippen molar-refractivity contribution < 1.29 is 14.3 Å². The minimum atomic E-state index is -0.245. The molecule has 3 aromatic rings. The Hall–Kier alpha value is -3.98. The molecule has 8 nitrogen and oxygen atoms in total. The number of thioether (sulfide) groups is 1. The van der Waals surface area contributed by atoms with Gasteiger partial charge in [0.05, 0.1) is 25.7 Å². The number of methoxy groups -OCH3 is 2. The van der Waals surface area contributed by atoms with E-state index >= 15 is 0 Å². The number of hydrogen-bond donors (Lipinski definition) is 2. The topological polar surface area (TPSA) is 96.5 Å². The third-order valence-electron chi connectivity index (χ3n) is 6.49. The van der Waals surface area contributed by atoms with Crippen molar-refractivity contribution in [2.24, 2.45) is 0 Å². The van der Waals surface area contributed by atoms with Crippen molar-refractivity contribution in [3.8, 4) is 11.5 Å². The van der Waals surface area contributed by atoms with Crippen LogP contribution in [0.4, 0.5) is 0 Å². The van der Waals surface area contributed by atoms with Crippen molar-refractivity contribution in [1.82, 2.24) is 20.4 Å². The second-order valence-corrected chi connectivity index (χ2v) is 9.74. The molecule has 5 rings (SSSR count). The highest BCUT2D eigenvalue weighted by Gasteiger charge is 2.39. The molecule has 9 heteroatoms. The number of benzene rings is 2. The summed E-state index contributed by atoms with van der Waals surface area (Å²) in [4.78, 5) is 32.0. The quantitative estimate of drug-likeness (QED) is 0.353. The van der Waals surface area contributed by atoms with Crippen molar-refractivity contribution in [2.75, 3.05) is 20.0 Å². The molecule has 1 amide bonds. The third kappa shape index (κ3) is 5.41. The highest BCUT2D eigenvalue weighted by molar-refractivity contribution is 7.99. The van der Waals surface area contributed by atoms with Crippen molar-refractivity contribution in [2.45, 2.75) is 30.5 Å². The first kappa shape index (κ1) is 24.7. The van der Waals surface area contributed by atoms with Gasteiger partial charge in [0.1, 0.15) is 17.5 Å². The highest BCUT2D eigenvalue weighted by atomic mass is 32.2. The molecule has 1 aromatic heterocycles. The van der Waals surface area contributed by atoms with Gasteiger partial charge in [0.15, 0.2) is 5.16 Å². The molecular formula is C28H28N4O4S. The van der Waals surface area contributed by atoms with Gasteiger partial charge in [-0.2, -0.15) is 0 Å². The molecule has 1 atom stereocenters. The predicted octanol–water partition coefficient (Wildman–Crippen LogP) is 4.49. The second kappa shape index (κ2) is 11.0. The summed E-state index contributed by atoms with van der Waals surface area (Å²) < 4.78 is 10.6. The summed E-state index contributed by atoms with van der Waals surface area (Å²) in [6.07, 6.45) is 6.42. The predicted molar refractivity (Wildman–Crippen MR) is 143 cm³/mol. The fraction of sp³-hybridized carbons (Fsp3) is 0.250. The smallest absolute Gasteiger partial charge is 0.252 e. The van der Waals surface area contributed by atoms with Crippen LogP contribution in [0.1, 0.15) is 36.4 Å². The minimum absolute atomic E-state index is 0.101. The fourth-order valence-corrected chi connectivity index (χ4v) is 5.40. The molecule has 0 unspecified atom stereocenters. The number of hydrazine groups is 1. The van der Waals surface area contributed by atoms with Crippen LogP contribution in [-0.4, -0.2) is 40.9 Å². The maximum atomic E-state index is 13.5. The summed E-state index contributed by atoms with van der Waals surface area (Å²) in [7, 11) is 3.29. The van der Waals surface area contributed by atoms with Gasteiger partial charge in [-0.05, 0) is 71.9 Å². The van der Waals surface area contributed by atoms with Crippen LogP contribution in [0.5, 0.6) is 11.5 Å². The van der Waals surface area contributed by atoms with E-state index in [-0.39, 0.29) is 23.3 Å². The average Bonchev–Trinajstić information content (AvgIpc) is 3.33. The van der Waals surface area contributed by atoms with Crippen molar-refractivity contribution in [3.63, 3.8) is 0 Å². The lowest BCUT2D eigenvalue weighted by Crippen LogP contribution is -2.41. The molecule has 0 saturated carbocycles. The second-order valence-electron chi connectivity index (χ2n) is 8.78. The number of hydrogen-bond acceptors (Lipinski definition) is 7. The number of carbonyl (C=O) groups is 1. The number of amides is 1. The average molecular weight is 517 g/mol. The Morgan fingerprint density at radius 2 is 1.76 bits per heavy atom. The van der Waals surface area contributed by atoms with Crippen LogP contribution < -0.4 is 20.5 Å². The lowest BCUT2D eigenvalue weighted by Gasteiger charge is -2.27. The van der Waals surface area contributed by atoms with Gasteiger partial charge < -0.3 is 14.5 Å². The van der Waals surface area contributed by atoms with E-state index in [1.807, 2.05) is 48.5 Å². The molecule has 190 valence electrons. The number of rotatable bonds is 7. The summed E-state index contributed by atoms with van der Waals surface area (Å²) >= 11 is 1.21. The molecule has 1 aliphatic heterocycles. The number of aromatic nitrogens is 2. The van der Waals surface area contributed by atoms with E-state index in [1.165, 1.54) is 35.2 Å². The van der Waals surface area contributed by atoms with Gasteiger partial charge >= 0.3 is 0 Å². The Morgan fingerprint density at radius 1 is 1.05 bits per heavy atom. The number of allylic oxidation sites excluding steroid dienone is 1. The first-order chi connectivity index (χ1) is 18.1. The molecular weight excluding hydrogens is 488 g/mol. The van der Waals surface area contributed by atoms with Crippen LogP contribution in [0.25, 0.3) is 6.08 Å².